The van der Waals surface area contributed by atoms with E-state index in [9.17, 15) is 9.59 Å². The molecule has 1 aromatic carbocycles. The number of hydrogen-bond acceptors (Lipinski definition) is 6. The molecule has 0 aliphatic carbocycles. The number of piperidine rings is 1. The highest BCUT2D eigenvalue weighted by molar-refractivity contribution is 6.03. The van der Waals surface area contributed by atoms with Crippen LogP contribution >= 0.6 is 12.4 Å². The zero-order chi connectivity index (χ0) is 16.5. The van der Waals surface area contributed by atoms with Gasteiger partial charge in [0, 0.05) is 5.69 Å². The summed E-state index contributed by atoms with van der Waals surface area (Å²) in [5, 5.41) is 14.1. The zero-order valence-corrected chi connectivity index (χ0v) is 14.0. The van der Waals surface area contributed by atoms with Gasteiger partial charge in [0.25, 0.3) is 5.91 Å². The smallest absolute Gasteiger partial charge is 0.408 e. The Bertz CT molecular complexity index is 940. The van der Waals surface area contributed by atoms with Crippen LogP contribution in [0.4, 0.5) is 5.69 Å². The van der Waals surface area contributed by atoms with Gasteiger partial charge in [-0.05, 0) is 44.1 Å². The van der Waals surface area contributed by atoms with Gasteiger partial charge >= 0.3 is 5.76 Å². The number of halogens is 1. The third kappa shape index (κ3) is 3.57. The Labute approximate surface area is 148 Å². The van der Waals surface area contributed by atoms with Crippen molar-refractivity contribution in [2.24, 2.45) is 0 Å². The van der Waals surface area contributed by atoms with Crippen molar-refractivity contribution in [1.82, 2.24) is 25.3 Å². The van der Waals surface area contributed by atoms with Crippen LogP contribution in [0, 0.1) is 0 Å². The highest BCUT2D eigenvalue weighted by Crippen LogP contribution is 2.19. The summed E-state index contributed by atoms with van der Waals surface area (Å²) in [6, 6.07) is 5.19. The van der Waals surface area contributed by atoms with E-state index in [1.54, 1.807) is 29.1 Å². The van der Waals surface area contributed by atoms with Gasteiger partial charge in [-0.1, -0.05) is 5.21 Å². The Hall–Kier alpha value is -2.65. The highest BCUT2D eigenvalue weighted by atomic mass is 35.5. The first-order valence-corrected chi connectivity index (χ1v) is 7.76. The number of benzene rings is 1. The lowest BCUT2D eigenvalue weighted by Gasteiger charge is -2.22. The van der Waals surface area contributed by atoms with Gasteiger partial charge in [-0.25, -0.2) is 9.48 Å². The summed E-state index contributed by atoms with van der Waals surface area (Å²) >= 11 is 0. The normalized spacial score (nSPS) is 15.0. The second-order valence-electron chi connectivity index (χ2n) is 5.74. The summed E-state index contributed by atoms with van der Waals surface area (Å²) in [4.78, 5) is 26.0. The third-order valence-corrected chi connectivity index (χ3v) is 4.10. The maximum atomic E-state index is 12.3. The molecule has 4 rings (SSSR count). The molecule has 9 nitrogen and oxygen atoms in total. The lowest BCUT2D eigenvalue weighted by atomic mass is 10.1. The number of amides is 1. The molecule has 0 atom stereocenters. The summed E-state index contributed by atoms with van der Waals surface area (Å²) in [6.07, 6.45) is 3.60. The molecule has 1 fully saturated rings. The predicted molar refractivity (Wildman–Crippen MR) is 93.2 cm³/mol. The van der Waals surface area contributed by atoms with E-state index in [4.69, 9.17) is 4.42 Å². The van der Waals surface area contributed by atoms with E-state index in [2.05, 4.69) is 25.9 Å². The lowest BCUT2D eigenvalue weighted by Crippen LogP contribution is -2.29. The first kappa shape index (κ1) is 17.2. The highest BCUT2D eigenvalue weighted by Gasteiger charge is 2.19. The fourth-order valence-electron chi connectivity index (χ4n) is 2.86. The van der Waals surface area contributed by atoms with Gasteiger partial charge in [0.05, 0.1) is 17.8 Å². The summed E-state index contributed by atoms with van der Waals surface area (Å²) in [5.41, 5.74) is 1.77. The number of anilines is 1. The number of H-pyrrole nitrogens is 1. The SMILES string of the molecule is Cl.O=C(Nc1ccc2oc(=O)[nH]c2c1)c1cn(C2CCNCC2)nn1. The molecule has 0 saturated carbocycles. The maximum absolute atomic E-state index is 12.3. The van der Waals surface area contributed by atoms with Crippen molar-refractivity contribution in [3.63, 3.8) is 0 Å². The number of carbonyl (C=O) groups is 1. The molecular weight excluding hydrogens is 348 g/mol. The average molecular weight is 365 g/mol. The standard InChI is InChI=1S/C15H16N6O3.ClH/c22-14(12-8-21(20-19-12)10-3-5-16-6-4-10)17-9-1-2-13-11(7-9)18-15(23)24-13;/h1-2,7-8,10,16H,3-6H2,(H,17,22)(H,18,23);1H. The maximum Gasteiger partial charge on any atom is 0.417 e. The van der Waals surface area contributed by atoms with Crippen molar-refractivity contribution in [2.75, 3.05) is 18.4 Å². The number of nitrogens with one attached hydrogen (secondary N) is 3. The molecule has 1 aliphatic heterocycles. The molecule has 0 bridgehead atoms. The molecule has 10 heteroatoms. The molecule has 25 heavy (non-hydrogen) atoms. The van der Waals surface area contributed by atoms with Crippen LogP contribution < -0.4 is 16.4 Å². The molecule has 3 heterocycles. The topological polar surface area (TPSA) is 118 Å². The minimum Gasteiger partial charge on any atom is -0.408 e. The van der Waals surface area contributed by atoms with E-state index in [1.165, 1.54) is 0 Å². The molecule has 0 spiro atoms. The van der Waals surface area contributed by atoms with Crippen LogP contribution in [0.15, 0.2) is 33.6 Å². The van der Waals surface area contributed by atoms with Gasteiger partial charge < -0.3 is 15.1 Å². The Morgan fingerprint density at radius 1 is 1.32 bits per heavy atom. The fourth-order valence-corrected chi connectivity index (χ4v) is 2.86. The molecule has 2 aromatic heterocycles. The predicted octanol–water partition coefficient (Wildman–Crippen LogP) is 1.31. The fraction of sp³-hybridized carbons (Fsp3) is 0.333. The van der Waals surface area contributed by atoms with Gasteiger partial charge in [-0.3, -0.25) is 9.78 Å². The summed E-state index contributed by atoms with van der Waals surface area (Å²) in [6.45, 7) is 1.88. The molecule has 1 amide bonds. The summed E-state index contributed by atoms with van der Waals surface area (Å²) in [7, 11) is 0. The van der Waals surface area contributed by atoms with Gasteiger partial charge in [0.2, 0.25) is 0 Å². The molecule has 1 saturated heterocycles. The Kier molecular flexibility index (Phi) is 4.86. The van der Waals surface area contributed by atoms with Crippen molar-refractivity contribution in [1.29, 1.82) is 0 Å². The Morgan fingerprint density at radius 3 is 2.92 bits per heavy atom. The van der Waals surface area contributed by atoms with Crippen LogP contribution in [-0.4, -0.2) is 39.0 Å². The van der Waals surface area contributed by atoms with E-state index in [-0.39, 0.29) is 30.0 Å². The van der Waals surface area contributed by atoms with Crippen molar-refractivity contribution in [3.05, 3.63) is 40.6 Å². The van der Waals surface area contributed by atoms with E-state index in [0.717, 1.165) is 25.9 Å². The second-order valence-corrected chi connectivity index (χ2v) is 5.74. The first-order chi connectivity index (χ1) is 11.7. The van der Waals surface area contributed by atoms with Crippen molar-refractivity contribution >= 4 is 35.1 Å². The third-order valence-electron chi connectivity index (χ3n) is 4.10. The van der Waals surface area contributed by atoms with E-state index in [0.29, 0.717) is 16.8 Å². The quantitative estimate of drug-likeness (QED) is 0.645. The minimum absolute atomic E-state index is 0. The van der Waals surface area contributed by atoms with Crippen LogP contribution in [0.1, 0.15) is 29.4 Å². The van der Waals surface area contributed by atoms with Crippen molar-refractivity contribution in [2.45, 2.75) is 18.9 Å². The van der Waals surface area contributed by atoms with Crippen LogP contribution in [0.25, 0.3) is 11.1 Å². The van der Waals surface area contributed by atoms with E-state index in [1.807, 2.05) is 0 Å². The minimum atomic E-state index is -0.529. The van der Waals surface area contributed by atoms with Crippen molar-refractivity contribution < 1.29 is 9.21 Å². The van der Waals surface area contributed by atoms with Gasteiger partial charge in [0.1, 0.15) is 0 Å². The van der Waals surface area contributed by atoms with Crippen LogP contribution in [-0.2, 0) is 0 Å². The van der Waals surface area contributed by atoms with E-state index < -0.39 is 5.76 Å². The largest absolute Gasteiger partial charge is 0.417 e. The van der Waals surface area contributed by atoms with Crippen LogP contribution in [0.5, 0.6) is 0 Å². The summed E-state index contributed by atoms with van der Waals surface area (Å²) < 4.78 is 6.68. The molecule has 132 valence electrons. The number of hydrogen-bond donors (Lipinski definition) is 3. The van der Waals surface area contributed by atoms with Crippen LogP contribution in [0.2, 0.25) is 0 Å². The van der Waals surface area contributed by atoms with Crippen molar-refractivity contribution in [3.8, 4) is 0 Å². The van der Waals surface area contributed by atoms with Gasteiger partial charge in [-0.15, -0.1) is 17.5 Å². The summed E-state index contributed by atoms with van der Waals surface area (Å²) in [5.74, 6) is -0.876. The Balaban J connectivity index is 0.00000182. The number of carbonyl (C=O) groups excluding carboxylic acids is 1. The Morgan fingerprint density at radius 2 is 2.12 bits per heavy atom. The van der Waals surface area contributed by atoms with Crippen LogP contribution in [0.3, 0.4) is 0 Å². The molecule has 0 radical (unpaired) electrons. The molecular formula is C15H17ClN6O3. The zero-order valence-electron chi connectivity index (χ0n) is 13.2. The molecule has 0 unspecified atom stereocenters. The molecule has 3 N–H and O–H groups in total. The van der Waals surface area contributed by atoms with Gasteiger partial charge in [0.15, 0.2) is 11.3 Å². The monoisotopic (exact) mass is 364 g/mol. The van der Waals surface area contributed by atoms with Gasteiger partial charge in [-0.2, -0.15) is 0 Å². The number of aromatic amines is 1. The first-order valence-electron chi connectivity index (χ1n) is 7.76. The molecule has 3 aromatic rings. The number of oxazole rings is 1. The number of fused-ring (bicyclic) bond motifs is 1. The lowest BCUT2D eigenvalue weighted by molar-refractivity contribution is 0.102. The van der Waals surface area contributed by atoms with E-state index >= 15 is 0 Å². The number of rotatable bonds is 3. The number of nitrogens with zero attached hydrogens (tertiary/aromatic N) is 3. The second kappa shape index (κ2) is 7.08. The average Bonchev–Trinajstić information content (AvgIpc) is 3.21. The molecule has 1 aliphatic rings. The number of aromatic nitrogens is 4.